The molecule has 5 atom stereocenters. The Balaban J connectivity index is 1.74. The van der Waals surface area contributed by atoms with Crippen molar-refractivity contribution in [3.05, 3.63) is 42.6 Å². The normalized spacial score (nSPS) is 22.9. The Kier molecular flexibility index (Phi) is 7.96. The van der Waals surface area contributed by atoms with Crippen molar-refractivity contribution in [3.8, 4) is 11.4 Å². The fourth-order valence-electron chi connectivity index (χ4n) is 4.15. The highest BCUT2D eigenvalue weighted by Crippen LogP contribution is 2.35. The number of esters is 4. The first-order valence-corrected chi connectivity index (χ1v) is 11.7. The summed E-state index contributed by atoms with van der Waals surface area (Å²) in [5, 5.41) is 9.27. The van der Waals surface area contributed by atoms with Crippen LogP contribution in [-0.4, -0.2) is 74.9 Å². The standard InChI is InChI=1S/C25H26N4O9/c1-13(30)34-12-21-22(35-14(2)31)23(36-15(3)32)24(37-16(4)33)25(38-21)29-11-20(27-28-29)19-10-9-17-7-5-6-8-18(17)26-19/h5-11,21-25H,12H2,1-4H3/t21-,22-,23+,24+,25-/m1/s1. The van der Waals surface area contributed by atoms with Crippen molar-refractivity contribution >= 4 is 34.8 Å². The van der Waals surface area contributed by atoms with Crippen molar-refractivity contribution < 1.29 is 42.9 Å². The van der Waals surface area contributed by atoms with E-state index in [2.05, 4.69) is 15.3 Å². The topological polar surface area (TPSA) is 158 Å². The van der Waals surface area contributed by atoms with Gasteiger partial charge in [-0.2, -0.15) is 0 Å². The average molecular weight is 527 g/mol. The van der Waals surface area contributed by atoms with E-state index in [-0.39, 0.29) is 6.61 Å². The molecular formula is C25H26N4O9. The van der Waals surface area contributed by atoms with Crippen LogP contribution in [0.1, 0.15) is 33.9 Å². The van der Waals surface area contributed by atoms with Gasteiger partial charge in [0.2, 0.25) is 0 Å². The van der Waals surface area contributed by atoms with Crippen molar-refractivity contribution in [1.29, 1.82) is 0 Å². The molecule has 1 aliphatic rings. The van der Waals surface area contributed by atoms with E-state index < -0.39 is 54.5 Å². The number of carbonyl (C=O) groups is 4. The largest absolute Gasteiger partial charge is 0.463 e. The minimum absolute atomic E-state index is 0.345. The summed E-state index contributed by atoms with van der Waals surface area (Å²) in [7, 11) is 0. The molecule has 13 nitrogen and oxygen atoms in total. The molecule has 0 amide bonds. The van der Waals surface area contributed by atoms with E-state index in [1.54, 1.807) is 6.07 Å². The van der Waals surface area contributed by atoms with Gasteiger partial charge in [-0.1, -0.05) is 29.5 Å². The van der Waals surface area contributed by atoms with Crippen molar-refractivity contribution in [2.45, 2.75) is 58.3 Å². The van der Waals surface area contributed by atoms with Crippen LogP contribution >= 0.6 is 0 Å². The molecule has 3 heterocycles. The Hall–Kier alpha value is -4.39. The molecule has 0 spiro atoms. The van der Waals surface area contributed by atoms with E-state index in [1.165, 1.54) is 24.7 Å². The van der Waals surface area contributed by atoms with Crippen molar-refractivity contribution in [3.63, 3.8) is 0 Å². The molecule has 200 valence electrons. The zero-order valence-electron chi connectivity index (χ0n) is 21.1. The van der Waals surface area contributed by atoms with Crippen LogP contribution < -0.4 is 0 Å². The van der Waals surface area contributed by atoms with Gasteiger partial charge in [0.05, 0.1) is 17.4 Å². The molecule has 2 aromatic heterocycles. The first-order valence-electron chi connectivity index (χ1n) is 11.7. The molecule has 3 aromatic rings. The van der Waals surface area contributed by atoms with E-state index in [4.69, 9.17) is 23.7 Å². The van der Waals surface area contributed by atoms with Gasteiger partial charge < -0.3 is 23.7 Å². The van der Waals surface area contributed by atoms with Crippen molar-refractivity contribution in [1.82, 2.24) is 20.0 Å². The first-order chi connectivity index (χ1) is 18.1. The Bertz CT molecular complexity index is 1360. The molecule has 0 bridgehead atoms. The molecule has 1 aliphatic heterocycles. The van der Waals surface area contributed by atoms with Crippen molar-refractivity contribution in [2.75, 3.05) is 6.61 Å². The summed E-state index contributed by atoms with van der Waals surface area (Å²) in [4.78, 5) is 52.1. The number of benzene rings is 1. The third-order valence-electron chi connectivity index (χ3n) is 5.60. The Morgan fingerprint density at radius 1 is 0.816 bits per heavy atom. The molecule has 1 aromatic carbocycles. The maximum absolute atomic E-state index is 12.0. The highest BCUT2D eigenvalue weighted by molar-refractivity contribution is 5.80. The average Bonchev–Trinajstić information content (AvgIpc) is 3.34. The second-order valence-electron chi connectivity index (χ2n) is 8.56. The van der Waals surface area contributed by atoms with Gasteiger partial charge in [-0.05, 0) is 12.1 Å². The second kappa shape index (κ2) is 11.3. The number of para-hydroxylation sites is 1. The number of carbonyl (C=O) groups excluding carboxylic acids is 4. The number of ether oxygens (including phenoxy) is 5. The quantitative estimate of drug-likeness (QED) is 0.325. The highest BCUT2D eigenvalue weighted by atomic mass is 16.7. The Morgan fingerprint density at radius 2 is 1.47 bits per heavy atom. The summed E-state index contributed by atoms with van der Waals surface area (Å²) >= 11 is 0. The lowest BCUT2D eigenvalue weighted by molar-refractivity contribution is -0.270. The van der Waals surface area contributed by atoms with E-state index in [0.717, 1.165) is 24.8 Å². The maximum atomic E-state index is 12.0. The second-order valence-corrected chi connectivity index (χ2v) is 8.56. The third-order valence-corrected chi connectivity index (χ3v) is 5.60. The molecule has 0 radical (unpaired) electrons. The molecule has 38 heavy (non-hydrogen) atoms. The Morgan fingerprint density at radius 3 is 2.16 bits per heavy atom. The third kappa shape index (κ3) is 6.11. The van der Waals surface area contributed by atoms with Crippen LogP contribution in [-0.2, 0) is 42.9 Å². The van der Waals surface area contributed by atoms with Gasteiger partial charge in [-0.15, -0.1) is 5.10 Å². The van der Waals surface area contributed by atoms with Crippen LogP contribution in [0, 0.1) is 0 Å². The van der Waals surface area contributed by atoms with Gasteiger partial charge in [-0.25, -0.2) is 9.67 Å². The molecule has 0 saturated carbocycles. The van der Waals surface area contributed by atoms with Crippen LogP contribution in [0.25, 0.3) is 22.3 Å². The summed E-state index contributed by atoms with van der Waals surface area (Å²) in [5.41, 5.74) is 1.68. The fourth-order valence-corrected chi connectivity index (χ4v) is 4.15. The molecular weight excluding hydrogens is 500 g/mol. The molecule has 13 heteroatoms. The number of nitrogens with zero attached hydrogens (tertiary/aromatic N) is 4. The highest BCUT2D eigenvalue weighted by Gasteiger charge is 2.53. The van der Waals surface area contributed by atoms with Gasteiger partial charge in [-0.3, -0.25) is 19.2 Å². The number of fused-ring (bicyclic) bond motifs is 1. The zero-order chi connectivity index (χ0) is 27.4. The molecule has 4 rings (SSSR count). The fraction of sp³-hybridized carbons (Fsp3) is 0.400. The monoisotopic (exact) mass is 526 g/mol. The summed E-state index contributed by atoms with van der Waals surface area (Å²) < 4.78 is 28.8. The minimum Gasteiger partial charge on any atom is -0.463 e. The summed E-state index contributed by atoms with van der Waals surface area (Å²) in [5.74, 6) is -2.76. The van der Waals surface area contributed by atoms with Crippen LogP contribution in [0.15, 0.2) is 42.6 Å². The molecule has 1 saturated heterocycles. The zero-order valence-corrected chi connectivity index (χ0v) is 21.1. The number of hydrogen-bond donors (Lipinski definition) is 0. The van der Waals surface area contributed by atoms with Crippen LogP contribution in [0.2, 0.25) is 0 Å². The lowest BCUT2D eigenvalue weighted by Crippen LogP contribution is -2.60. The SMILES string of the molecule is CC(=O)OC[C@H]1O[C@@H](n2cc(-c3ccc4ccccc4n3)nn2)[C@@H](OC(C)=O)[C@@H](OC(C)=O)[C@@H]1OC(C)=O. The molecule has 0 aliphatic carbocycles. The van der Waals surface area contributed by atoms with Crippen molar-refractivity contribution in [2.24, 2.45) is 0 Å². The number of pyridine rings is 1. The predicted molar refractivity (Wildman–Crippen MR) is 128 cm³/mol. The lowest BCUT2D eigenvalue weighted by Gasteiger charge is -2.44. The Labute approximate surface area is 217 Å². The van der Waals surface area contributed by atoms with Gasteiger partial charge in [0.25, 0.3) is 0 Å². The summed E-state index contributed by atoms with van der Waals surface area (Å²) in [6.45, 7) is 4.33. The minimum atomic E-state index is -1.31. The maximum Gasteiger partial charge on any atom is 0.303 e. The van der Waals surface area contributed by atoms with Gasteiger partial charge in [0, 0.05) is 33.1 Å². The smallest absolute Gasteiger partial charge is 0.303 e. The number of hydrogen-bond acceptors (Lipinski definition) is 12. The van der Waals surface area contributed by atoms with E-state index in [1.807, 2.05) is 30.3 Å². The summed E-state index contributed by atoms with van der Waals surface area (Å²) in [6.07, 6.45) is -4.65. The van der Waals surface area contributed by atoms with E-state index >= 15 is 0 Å². The van der Waals surface area contributed by atoms with Gasteiger partial charge >= 0.3 is 23.9 Å². The van der Waals surface area contributed by atoms with Crippen LogP contribution in [0.5, 0.6) is 0 Å². The number of rotatable bonds is 7. The lowest BCUT2D eigenvalue weighted by atomic mass is 9.97. The van der Waals surface area contributed by atoms with Crippen LogP contribution in [0.4, 0.5) is 0 Å². The van der Waals surface area contributed by atoms with E-state index in [9.17, 15) is 19.2 Å². The molecule has 1 fully saturated rings. The number of aromatic nitrogens is 4. The van der Waals surface area contributed by atoms with Gasteiger partial charge in [0.15, 0.2) is 24.5 Å². The van der Waals surface area contributed by atoms with Crippen LogP contribution in [0.3, 0.4) is 0 Å². The first kappa shape index (κ1) is 26.7. The van der Waals surface area contributed by atoms with E-state index in [0.29, 0.717) is 11.4 Å². The molecule has 0 N–H and O–H groups in total. The predicted octanol–water partition coefficient (Wildman–Crippen LogP) is 1.75. The summed E-state index contributed by atoms with van der Waals surface area (Å²) in [6, 6.07) is 11.2. The molecule has 0 unspecified atom stereocenters. The van der Waals surface area contributed by atoms with Gasteiger partial charge in [0.1, 0.15) is 18.4 Å².